The number of likely N-dealkylation sites (N-methyl/N-ethyl adjacent to an activating group) is 1. The molecule has 1 aromatic rings. The van der Waals surface area contributed by atoms with Gasteiger partial charge >= 0.3 is 0 Å². The molecule has 112 valence electrons. The summed E-state index contributed by atoms with van der Waals surface area (Å²) in [7, 11) is 1.94. The molecule has 1 heterocycles. The third-order valence-electron chi connectivity index (χ3n) is 2.51. The third-order valence-corrected chi connectivity index (χ3v) is 3.33. The van der Waals surface area contributed by atoms with Gasteiger partial charge in [0.25, 0.3) is 0 Å². The van der Waals surface area contributed by atoms with Crippen molar-refractivity contribution in [3.63, 3.8) is 0 Å². The monoisotopic (exact) mass is 297 g/mol. The summed E-state index contributed by atoms with van der Waals surface area (Å²) in [5, 5.41) is 9.00. The Hall–Kier alpha value is -1.63. The maximum Gasteiger partial charge on any atom is 0.241 e. The zero-order valence-corrected chi connectivity index (χ0v) is 13.4. The highest BCUT2D eigenvalue weighted by Gasteiger charge is 2.09. The summed E-state index contributed by atoms with van der Waals surface area (Å²) >= 11 is 1.63. The minimum absolute atomic E-state index is 0.0687. The van der Waals surface area contributed by atoms with E-state index in [0.29, 0.717) is 19.0 Å². The van der Waals surface area contributed by atoms with Gasteiger partial charge in [0, 0.05) is 25.5 Å². The molecule has 0 saturated carbocycles. The van der Waals surface area contributed by atoms with Crippen LogP contribution < -0.4 is 10.6 Å². The molecule has 0 atom stereocenters. The van der Waals surface area contributed by atoms with Crippen LogP contribution in [0.2, 0.25) is 0 Å². The molecule has 0 radical (unpaired) electrons. The molecule has 1 amide bonds. The van der Waals surface area contributed by atoms with Gasteiger partial charge in [0.15, 0.2) is 5.96 Å². The van der Waals surface area contributed by atoms with Gasteiger partial charge in [-0.25, -0.2) is 9.98 Å². The summed E-state index contributed by atoms with van der Waals surface area (Å²) in [5.41, 5.74) is 1.01. The van der Waals surface area contributed by atoms with Crippen LogP contribution in [0, 0.1) is 6.92 Å². The van der Waals surface area contributed by atoms with Crippen molar-refractivity contribution in [1.29, 1.82) is 0 Å². The van der Waals surface area contributed by atoms with Crippen LogP contribution in [-0.2, 0) is 11.3 Å². The Morgan fingerprint density at radius 3 is 2.65 bits per heavy atom. The first-order valence-electron chi connectivity index (χ1n) is 6.74. The summed E-state index contributed by atoms with van der Waals surface area (Å²) in [6, 6.07) is 0. The lowest BCUT2D eigenvalue weighted by Gasteiger charge is -2.21. The van der Waals surface area contributed by atoms with Crippen molar-refractivity contribution in [3.8, 4) is 0 Å². The van der Waals surface area contributed by atoms with Crippen LogP contribution in [0.4, 0.5) is 0 Å². The Balaban J connectivity index is 2.63. The van der Waals surface area contributed by atoms with Gasteiger partial charge in [0.1, 0.15) is 6.54 Å². The van der Waals surface area contributed by atoms with Crippen molar-refractivity contribution >= 4 is 23.2 Å². The first-order valence-corrected chi connectivity index (χ1v) is 7.61. The number of aryl methyl sites for hydroxylation is 1. The van der Waals surface area contributed by atoms with E-state index in [1.807, 2.05) is 38.1 Å². The maximum atomic E-state index is 11.5. The largest absolute Gasteiger partial charge is 0.357 e. The van der Waals surface area contributed by atoms with Crippen molar-refractivity contribution in [2.75, 3.05) is 26.7 Å². The Kier molecular flexibility index (Phi) is 7.00. The fraction of sp³-hybridized carbons (Fsp3) is 0.615. The number of rotatable bonds is 6. The van der Waals surface area contributed by atoms with Gasteiger partial charge in [-0.2, -0.15) is 0 Å². The maximum absolute atomic E-state index is 11.5. The second kappa shape index (κ2) is 8.52. The number of aromatic nitrogens is 1. The molecule has 1 aromatic heterocycles. The van der Waals surface area contributed by atoms with Gasteiger partial charge in [-0.15, -0.1) is 11.3 Å². The fourth-order valence-corrected chi connectivity index (χ4v) is 2.27. The number of guanidine groups is 1. The van der Waals surface area contributed by atoms with Crippen molar-refractivity contribution in [2.24, 2.45) is 4.99 Å². The number of amides is 1. The van der Waals surface area contributed by atoms with Crippen molar-refractivity contribution < 1.29 is 4.79 Å². The fourth-order valence-electron chi connectivity index (χ4n) is 1.67. The number of aliphatic imine (C=N–C) groups is 1. The SMILES string of the molecule is CCNC(=O)CN=C(NCC)N(C)Cc1csc(C)n1. The predicted molar refractivity (Wildman–Crippen MR) is 83.0 cm³/mol. The summed E-state index contributed by atoms with van der Waals surface area (Å²) in [6.45, 7) is 8.07. The number of hydrogen-bond acceptors (Lipinski definition) is 4. The van der Waals surface area contributed by atoms with E-state index in [4.69, 9.17) is 0 Å². The first kappa shape index (κ1) is 16.4. The Morgan fingerprint density at radius 2 is 2.10 bits per heavy atom. The van der Waals surface area contributed by atoms with E-state index in [1.165, 1.54) is 0 Å². The molecule has 0 aromatic carbocycles. The molecule has 0 bridgehead atoms. The minimum Gasteiger partial charge on any atom is -0.357 e. The highest BCUT2D eigenvalue weighted by atomic mass is 32.1. The van der Waals surface area contributed by atoms with Crippen molar-refractivity contribution in [3.05, 3.63) is 16.1 Å². The molecular formula is C13H23N5OS. The molecule has 0 unspecified atom stereocenters. The van der Waals surface area contributed by atoms with Crippen LogP contribution in [0.25, 0.3) is 0 Å². The van der Waals surface area contributed by atoms with E-state index >= 15 is 0 Å². The quantitative estimate of drug-likeness (QED) is 0.607. The van der Waals surface area contributed by atoms with E-state index in [0.717, 1.165) is 17.2 Å². The van der Waals surface area contributed by atoms with Crippen molar-refractivity contribution in [2.45, 2.75) is 27.3 Å². The van der Waals surface area contributed by atoms with Crippen LogP contribution in [0.1, 0.15) is 24.5 Å². The topological polar surface area (TPSA) is 69.6 Å². The zero-order chi connectivity index (χ0) is 15.0. The number of carbonyl (C=O) groups is 1. The summed E-state index contributed by atoms with van der Waals surface area (Å²) in [6.07, 6.45) is 0. The van der Waals surface area contributed by atoms with Crippen LogP contribution in [0.3, 0.4) is 0 Å². The molecule has 0 fully saturated rings. The molecule has 7 heteroatoms. The molecule has 6 nitrogen and oxygen atoms in total. The summed E-state index contributed by atoms with van der Waals surface area (Å²) < 4.78 is 0. The van der Waals surface area contributed by atoms with Crippen LogP contribution >= 0.6 is 11.3 Å². The van der Waals surface area contributed by atoms with Crippen LogP contribution in [0.15, 0.2) is 10.4 Å². The Morgan fingerprint density at radius 1 is 1.40 bits per heavy atom. The van der Waals surface area contributed by atoms with E-state index in [2.05, 4.69) is 20.6 Å². The molecule has 2 N–H and O–H groups in total. The molecular weight excluding hydrogens is 274 g/mol. The van der Waals surface area contributed by atoms with Gasteiger partial charge in [0.2, 0.25) is 5.91 Å². The number of carbonyl (C=O) groups excluding carboxylic acids is 1. The number of nitrogens with one attached hydrogen (secondary N) is 2. The van der Waals surface area contributed by atoms with Gasteiger partial charge < -0.3 is 15.5 Å². The Labute approximate surface area is 124 Å². The summed E-state index contributed by atoms with van der Waals surface area (Å²) in [5.74, 6) is 0.644. The Bertz CT molecular complexity index is 457. The smallest absolute Gasteiger partial charge is 0.241 e. The molecule has 1 rings (SSSR count). The normalized spacial score (nSPS) is 11.3. The van der Waals surface area contributed by atoms with E-state index < -0.39 is 0 Å². The lowest BCUT2D eigenvalue weighted by molar-refractivity contribution is -0.119. The highest BCUT2D eigenvalue weighted by molar-refractivity contribution is 7.09. The van der Waals surface area contributed by atoms with Gasteiger partial charge in [-0.05, 0) is 20.8 Å². The van der Waals surface area contributed by atoms with Crippen LogP contribution in [0.5, 0.6) is 0 Å². The first-order chi connectivity index (χ1) is 9.56. The molecule has 0 spiro atoms. The zero-order valence-electron chi connectivity index (χ0n) is 12.6. The average molecular weight is 297 g/mol. The lowest BCUT2D eigenvalue weighted by atomic mass is 10.4. The second-order valence-electron chi connectivity index (χ2n) is 4.34. The number of nitrogens with zero attached hydrogens (tertiary/aromatic N) is 3. The molecule has 0 aliphatic rings. The standard InChI is InChI=1S/C13H23N5OS/c1-5-14-12(19)7-16-13(15-6-2)18(4)8-11-9-20-10(3)17-11/h9H,5-8H2,1-4H3,(H,14,19)(H,15,16). The lowest BCUT2D eigenvalue weighted by Crippen LogP contribution is -2.39. The van der Waals surface area contributed by atoms with Gasteiger partial charge in [0.05, 0.1) is 17.2 Å². The average Bonchev–Trinajstić information content (AvgIpc) is 2.80. The van der Waals surface area contributed by atoms with Crippen LogP contribution in [-0.4, -0.2) is 48.4 Å². The second-order valence-corrected chi connectivity index (χ2v) is 5.40. The van der Waals surface area contributed by atoms with Gasteiger partial charge in [-0.1, -0.05) is 0 Å². The molecule has 0 aliphatic heterocycles. The highest BCUT2D eigenvalue weighted by Crippen LogP contribution is 2.09. The van der Waals surface area contributed by atoms with E-state index in [-0.39, 0.29) is 12.5 Å². The number of thiazole rings is 1. The molecule has 0 saturated heterocycles. The van der Waals surface area contributed by atoms with Crippen molar-refractivity contribution in [1.82, 2.24) is 20.5 Å². The van der Waals surface area contributed by atoms with Gasteiger partial charge in [-0.3, -0.25) is 4.79 Å². The summed E-state index contributed by atoms with van der Waals surface area (Å²) in [4.78, 5) is 22.2. The molecule has 0 aliphatic carbocycles. The predicted octanol–water partition coefficient (Wildman–Crippen LogP) is 0.985. The molecule has 20 heavy (non-hydrogen) atoms. The number of hydrogen-bond donors (Lipinski definition) is 2. The third kappa shape index (κ3) is 5.56. The van der Waals surface area contributed by atoms with E-state index in [1.54, 1.807) is 11.3 Å². The van der Waals surface area contributed by atoms with E-state index in [9.17, 15) is 4.79 Å². The minimum atomic E-state index is -0.0687.